The Hall–Kier alpha value is -2.96. The zero-order valence-electron chi connectivity index (χ0n) is 15.0. The SMILES string of the molecule is COC(=O)c1ccc(-c2nc(NCc3ccccc3)c3cc(Cl)sc3n2)cc1. The van der Waals surface area contributed by atoms with Gasteiger partial charge in [0.25, 0.3) is 0 Å². The normalized spacial score (nSPS) is 10.8. The van der Waals surface area contributed by atoms with Crippen LogP contribution in [0, 0.1) is 0 Å². The molecule has 2 aromatic carbocycles. The predicted octanol–water partition coefficient (Wildman–Crippen LogP) is 5.41. The third kappa shape index (κ3) is 3.83. The van der Waals surface area contributed by atoms with E-state index in [0.717, 1.165) is 27.2 Å². The number of esters is 1. The molecule has 0 radical (unpaired) electrons. The van der Waals surface area contributed by atoms with E-state index in [9.17, 15) is 4.79 Å². The number of halogens is 1. The fourth-order valence-electron chi connectivity index (χ4n) is 2.81. The molecule has 4 rings (SSSR count). The van der Waals surface area contributed by atoms with Gasteiger partial charge in [-0.15, -0.1) is 11.3 Å². The third-order valence-corrected chi connectivity index (χ3v) is 5.39. The number of carbonyl (C=O) groups is 1. The van der Waals surface area contributed by atoms with Gasteiger partial charge in [0.05, 0.1) is 22.4 Å². The summed E-state index contributed by atoms with van der Waals surface area (Å²) in [4.78, 5) is 21.8. The van der Waals surface area contributed by atoms with Crippen LogP contribution in [0.1, 0.15) is 15.9 Å². The molecule has 4 aromatic rings. The van der Waals surface area contributed by atoms with E-state index in [1.165, 1.54) is 18.4 Å². The molecule has 0 unspecified atom stereocenters. The van der Waals surface area contributed by atoms with Crippen LogP contribution in [0.25, 0.3) is 21.6 Å². The number of benzene rings is 2. The average Bonchev–Trinajstić information content (AvgIpc) is 3.12. The molecule has 0 fully saturated rings. The van der Waals surface area contributed by atoms with Gasteiger partial charge in [-0.3, -0.25) is 0 Å². The third-order valence-electron chi connectivity index (χ3n) is 4.23. The molecular formula is C21H16ClN3O2S. The molecule has 0 aliphatic rings. The minimum atomic E-state index is -0.377. The van der Waals surface area contributed by atoms with E-state index in [4.69, 9.17) is 21.3 Å². The lowest BCUT2D eigenvalue weighted by Gasteiger charge is -2.09. The first-order chi connectivity index (χ1) is 13.6. The van der Waals surface area contributed by atoms with Gasteiger partial charge in [-0.2, -0.15) is 0 Å². The van der Waals surface area contributed by atoms with Crippen LogP contribution in [0.5, 0.6) is 0 Å². The number of nitrogens with zero attached hydrogens (tertiary/aromatic N) is 2. The topological polar surface area (TPSA) is 64.1 Å². The first kappa shape index (κ1) is 18.4. The van der Waals surface area contributed by atoms with E-state index in [2.05, 4.69) is 22.4 Å². The average molecular weight is 410 g/mol. The fraction of sp³-hybridized carbons (Fsp3) is 0.0952. The molecular weight excluding hydrogens is 394 g/mol. The van der Waals surface area contributed by atoms with Crippen molar-refractivity contribution in [3.05, 3.63) is 76.1 Å². The summed E-state index contributed by atoms with van der Waals surface area (Å²) < 4.78 is 5.40. The van der Waals surface area contributed by atoms with Crippen molar-refractivity contribution in [1.82, 2.24) is 9.97 Å². The van der Waals surface area contributed by atoms with E-state index in [1.54, 1.807) is 12.1 Å². The van der Waals surface area contributed by atoms with Crippen LogP contribution in [0.3, 0.4) is 0 Å². The summed E-state index contributed by atoms with van der Waals surface area (Å²) in [5.41, 5.74) is 2.44. The van der Waals surface area contributed by atoms with Gasteiger partial charge in [0.1, 0.15) is 10.6 Å². The van der Waals surface area contributed by atoms with E-state index in [-0.39, 0.29) is 5.97 Å². The summed E-state index contributed by atoms with van der Waals surface area (Å²) in [5.74, 6) is 0.917. The second-order valence-corrected chi connectivity index (χ2v) is 7.74. The number of nitrogens with one attached hydrogen (secondary N) is 1. The highest BCUT2D eigenvalue weighted by molar-refractivity contribution is 7.22. The number of ether oxygens (including phenoxy) is 1. The van der Waals surface area contributed by atoms with Gasteiger partial charge in [-0.1, -0.05) is 54.1 Å². The Bertz CT molecular complexity index is 1130. The second-order valence-electron chi connectivity index (χ2n) is 6.07. The molecule has 28 heavy (non-hydrogen) atoms. The summed E-state index contributed by atoms with van der Waals surface area (Å²) in [5, 5.41) is 4.28. The highest BCUT2D eigenvalue weighted by Crippen LogP contribution is 2.34. The molecule has 140 valence electrons. The Labute approximate surface area is 171 Å². The number of rotatable bonds is 5. The molecule has 0 saturated heterocycles. The number of hydrogen-bond donors (Lipinski definition) is 1. The molecule has 0 bridgehead atoms. The van der Waals surface area contributed by atoms with Gasteiger partial charge < -0.3 is 10.1 Å². The Morgan fingerprint density at radius 2 is 1.86 bits per heavy atom. The van der Waals surface area contributed by atoms with Crippen molar-refractivity contribution in [1.29, 1.82) is 0 Å². The molecule has 0 atom stereocenters. The fourth-order valence-corrected chi connectivity index (χ4v) is 3.90. The van der Waals surface area contributed by atoms with Crippen LogP contribution < -0.4 is 5.32 Å². The number of aromatic nitrogens is 2. The number of hydrogen-bond acceptors (Lipinski definition) is 6. The maximum absolute atomic E-state index is 11.6. The van der Waals surface area contributed by atoms with Crippen molar-refractivity contribution in [3.63, 3.8) is 0 Å². The first-order valence-electron chi connectivity index (χ1n) is 8.57. The Kier molecular flexibility index (Phi) is 5.23. The minimum absolute atomic E-state index is 0.377. The molecule has 0 aliphatic heterocycles. The molecule has 0 saturated carbocycles. The lowest BCUT2D eigenvalue weighted by atomic mass is 10.1. The van der Waals surface area contributed by atoms with Crippen LogP contribution in [0.2, 0.25) is 4.34 Å². The van der Waals surface area contributed by atoms with Gasteiger partial charge in [-0.05, 0) is 23.8 Å². The largest absolute Gasteiger partial charge is 0.465 e. The Balaban J connectivity index is 1.70. The molecule has 2 aromatic heterocycles. The molecule has 1 N–H and O–H groups in total. The highest BCUT2D eigenvalue weighted by atomic mass is 35.5. The van der Waals surface area contributed by atoms with Crippen LogP contribution in [0.4, 0.5) is 5.82 Å². The van der Waals surface area contributed by atoms with Crippen molar-refractivity contribution in [2.24, 2.45) is 0 Å². The van der Waals surface area contributed by atoms with Crippen molar-refractivity contribution < 1.29 is 9.53 Å². The lowest BCUT2D eigenvalue weighted by Crippen LogP contribution is -2.04. The summed E-state index contributed by atoms with van der Waals surface area (Å²) in [6, 6.07) is 19.0. The summed E-state index contributed by atoms with van der Waals surface area (Å²) in [6.45, 7) is 0.640. The number of fused-ring (bicyclic) bond motifs is 1. The zero-order valence-corrected chi connectivity index (χ0v) is 16.6. The maximum Gasteiger partial charge on any atom is 0.337 e. The van der Waals surface area contributed by atoms with Crippen LogP contribution in [-0.2, 0) is 11.3 Å². The number of methoxy groups -OCH3 is 1. The number of anilines is 1. The summed E-state index contributed by atoms with van der Waals surface area (Å²) >= 11 is 7.62. The molecule has 0 spiro atoms. The van der Waals surface area contributed by atoms with E-state index < -0.39 is 0 Å². The monoisotopic (exact) mass is 409 g/mol. The maximum atomic E-state index is 11.6. The van der Waals surface area contributed by atoms with Gasteiger partial charge >= 0.3 is 5.97 Å². The van der Waals surface area contributed by atoms with Crippen LogP contribution in [-0.4, -0.2) is 23.0 Å². The number of carbonyl (C=O) groups excluding carboxylic acids is 1. The molecule has 5 nitrogen and oxygen atoms in total. The number of thiophene rings is 1. The lowest BCUT2D eigenvalue weighted by molar-refractivity contribution is 0.0601. The zero-order chi connectivity index (χ0) is 19.5. The smallest absolute Gasteiger partial charge is 0.337 e. The van der Waals surface area contributed by atoms with Crippen LogP contribution in [0.15, 0.2) is 60.7 Å². The first-order valence-corrected chi connectivity index (χ1v) is 9.77. The molecule has 0 aliphatic carbocycles. The van der Waals surface area contributed by atoms with Crippen molar-refractivity contribution >= 4 is 44.9 Å². The van der Waals surface area contributed by atoms with Crippen LogP contribution >= 0.6 is 22.9 Å². The van der Waals surface area contributed by atoms with E-state index in [1.807, 2.05) is 36.4 Å². The van der Waals surface area contributed by atoms with Gasteiger partial charge in [0.15, 0.2) is 5.82 Å². The van der Waals surface area contributed by atoms with E-state index >= 15 is 0 Å². The van der Waals surface area contributed by atoms with Crippen molar-refractivity contribution in [2.45, 2.75) is 6.54 Å². The highest BCUT2D eigenvalue weighted by Gasteiger charge is 2.13. The van der Waals surface area contributed by atoms with Gasteiger partial charge in [0.2, 0.25) is 0 Å². The summed E-state index contributed by atoms with van der Waals surface area (Å²) in [6.07, 6.45) is 0. The van der Waals surface area contributed by atoms with Crippen molar-refractivity contribution in [3.8, 4) is 11.4 Å². The van der Waals surface area contributed by atoms with Gasteiger partial charge in [-0.25, -0.2) is 14.8 Å². The minimum Gasteiger partial charge on any atom is -0.465 e. The standard InChI is InChI=1S/C21H16ClN3O2S/c1-27-21(26)15-9-7-14(8-10-15)18-24-19(16-11-17(22)28-20(16)25-18)23-12-13-5-3-2-4-6-13/h2-11H,12H2,1H3,(H,23,24,25). The summed E-state index contributed by atoms with van der Waals surface area (Å²) in [7, 11) is 1.36. The predicted molar refractivity (Wildman–Crippen MR) is 113 cm³/mol. The van der Waals surface area contributed by atoms with Gasteiger partial charge in [0, 0.05) is 12.1 Å². The van der Waals surface area contributed by atoms with E-state index in [0.29, 0.717) is 22.3 Å². The molecule has 7 heteroatoms. The van der Waals surface area contributed by atoms with Crippen molar-refractivity contribution in [2.75, 3.05) is 12.4 Å². The molecule has 2 heterocycles. The quantitative estimate of drug-likeness (QED) is 0.446. The molecule has 0 amide bonds. The Morgan fingerprint density at radius 3 is 2.57 bits per heavy atom. The second kappa shape index (κ2) is 7.96. The Morgan fingerprint density at radius 1 is 1.11 bits per heavy atom.